The lowest BCUT2D eigenvalue weighted by Gasteiger charge is -2.32. The number of halogens is 1. The fourth-order valence-corrected chi connectivity index (χ4v) is 2.87. The summed E-state index contributed by atoms with van der Waals surface area (Å²) in [5.74, 6) is 0.386. The van der Waals surface area contributed by atoms with Gasteiger partial charge in [0.05, 0.1) is 0 Å². The summed E-state index contributed by atoms with van der Waals surface area (Å²) in [6.07, 6.45) is 1.92. The smallest absolute Gasteiger partial charge is 0.253 e. The number of nitrogens with one attached hydrogen (secondary N) is 1. The Hall–Kier alpha value is -1.75. The van der Waals surface area contributed by atoms with Crippen LogP contribution in [-0.4, -0.2) is 55.8 Å². The van der Waals surface area contributed by atoms with Gasteiger partial charge < -0.3 is 15.1 Å². The van der Waals surface area contributed by atoms with Crippen LogP contribution < -0.4 is 10.2 Å². The van der Waals surface area contributed by atoms with E-state index in [-0.39, 0.29) is 17.9 Å². The van der Waals surface area contributed by atoms with Gasteiger partial charge in [0.1, 0.15) is 0 Å². The van der Waals surface area contributed by atoms with Crippen molar-refractivity contribution < 1.29 is 9.59 Å². The Labute approximate surface area is 142 Å². The van der Waals surface area contributed by atoms with E-state index in [2.05, 4.69) is 5.32 Å². The Balaban J connectivity index is 1.87. The summed E-state index contributed by atoms with van der Waals surface area (Å²) in [4.78, 5) is 27.9. The van der Waals surface area contributed by atoms with Gasteiger partial charge in [-0.25, -0.2) is 0 Å². The Bertz CT molecular complexity index is 537. The largest absolute Gasteiger partial charge is 0.378 e. The number of hydrogen-bond donors (Lipinski definition) is 1. The van der Waals surface area contributed by atoms with E-state index < -0.39 is 0 Å². The molecule has 23 heavy (non-hydrogen) atoms. The highest BCUT2D eigenvalue weighted by Gasteiger charge is 2.24. The zero-order chi connectivity index (χ0) is 16.8. The Morgan fingerprint density at radius 2 is 1.83 bits per heavy atom. The first-order valence-electron chi connectivity index (χ1n) is 7.93. The number of likely N-dealkylation sites (tertiary alicyclic amines) is 1. The summed E-state index contributed by atoms with van der Waals surface area (Å²) in [7, 11) is 3.94. The molecule has 1 fully saturated rings. The molecule has 1 aliphatic rings. The van der Waals surface area contributed by atoms with Crippen molar-refractivity contribution in [2.45, 2.75) is 25.3 Å². The van der Waals surface area contributed by atoms with E-state index in [1.807, 2.05) is 48.2 Å². The molecule has 0 atom stereocenters. The number of rotatable bonds is 5. The lowest BCUT2D eigenvalue weighted by molar-refractivity contribution is -0.121. The molecule has 0 unspecified atom stereocenters. The normalized spacial score (nSPS) is 15.3. The summed E-state index contributed by atoms with van der Waals surface area (Å²) >= 11 is 5.56. The fourth-order valence-electron chi connectivity index (χ4n) is 2.70. The molecule has 0 aliphatic carbocycles. The quantitative estimate of drug-likeness (QED) is 0.837. The SMILES string of the molecule is CN(C)c1ccc(C(=O)N2CCC(NC(=O)CCCl)CC2)cc1. The summed E-state index contributed by atoms with van der Waals surface area (Å²) < 4.78 is 0. The summed E-state index contributed by atoms with van der Waals surface area (Å²) in [6, 6.07) is 7.78. The number of amides is 2. The van der Waals surface area contributed by atoms with Gasteiger partial charge >= 0.3 is 0 Å². The van der Waals surface area contributed by atoms with Gasteiger partial charge in [0, 0.05) is 56.8 Å². The summed E-state index contributed by atoms with van der Waals surface area (Å²) in [6.45, 7) is 1.33. The number of carbonyl (C=O) groups is 2. The number of piperidine rings is 1. The molecule has 1 N–H and O–H groups in total. The Morgan fingerprint density at radius 1 is 1.22 bits per heavy atom. The van der Waals surface area contributed by atoms with E-state index in [0.717, 1.165) is 18.5 Å². The first-order chi connectivity index (χ1) is 11.0. The van der Waals surface area contributed by atoms with Gasteiger partial charge in [-0.15, -0.1) is 11.6 Å². The molecule has 6 heteroatoms. The van der Waals surface area contributed by atoms with E-state index in [4.69, 9.17) is 11.6 Å². The van der Waals surface area contributed by atoms with Crippen molar-refractivity contribution >= 4 is 29.1 Å². The molecule has 2 amide bonds. The third kappa shape index (κ3) is 4.86. The lowest BCUT2D eigenvalue weighted by Crippen LogP contribution is -2.46. The van der Waals surface area contributed by atoms with Crippen molar-refractivity contribution in [1.29, 1.82) is 0 Å². The third-order valence-electron chi connectivity index (χ3n) is 4.10. The number of nitrogens with zero attached hydrogens (tertiary/aromatic N) is 2. The van der Waals surface area contributed by atoms with Crippen molar-refractivity contribution in [2.24, 2.45) is 0 Å². The van der Waals surface area contributed by atoms with Crippen LogP contribution in [0.1, 0.15) is 29.6 Å². The number of benzene rings is 1. The first kappa shape index (κ1) is 17.6. The molecule has 1 aromatic rings. The van der Waals surface area contributed by atoms with Gasteiger partial charge in [-0.3, -0.25) is 9.59 Å². The molecule has 0 radical (unpaired) electrons. The fraction of sp³-hybridized carbons (Fsp3) is 0.529. The maximum atomic E-state index is 12.5. The van der Waals surface area contributed by atoms with E-state index >= 15 is 0 Å². The molecule has 126 valence electrons. The van der Waals surface area contributed by atoms with Gasteiger partial charge in [0.2, 0.25) is 5.91 Å². The molecule has 1 aliphatic heterocycles. The van der Waals surface area contributed by atoms with Crippen LogP contribution in [0.5, 0.6) is 0 Å². The highest BCUT2D eigenvalue weighted by Crippen LogP contribution is 2.17. The van der Waals surface area contributed by atoms with Gasteiger partial charge in [0.25, 0.3) is 5.91 Å². The monoisotopic (exact) mass is 337 g/mol. The molecule has 5 nitrogen and oxygen atoms in total. The molecule has 0 spiro atoms. The number of anilines is 1. The predicted molar refractivity (Wildman–Crippen MR) is 93.2 cm³/mol. The van der Waals surface area contributed by atoms with Crippen LogP contribution in [0.2, 0.25) is 0 Å². The Kier molecular flexibility index (Phi) is 6.28. The summed E-state index contributed by atoms with van der Waals surface area (Å²) in [5.41, 5.74) is 1.78. The van der Waals surface area contributed by atoms with Crippen LogP contribution in [0.3, 0.4) is 0 Å². The zero-order valence-corrected chi connectivity index (χ0v) is 14.5. The van der Waals surface area contributed by atoms with Crippen LogP contribution in [0, 0.1) is 0 Å². The van der Waals surface area contributed by atoms with Crippen LogP contribution in [-0.2, 0) is 4.79 Å². The van der Waals surface area contributed by atoms with Crippen molar-refractivity contribution in [3.05, 3.63) is 29.8 Å². The van der Waals surface area contributed by atoms with E-state index in [9.17, 15) is 9.59 Å². The van der Waals surface area contributed by atoms with Gasteiger partial charge in [-0.05, 0) is 37.1 Å². The third-order valence-corrected chi connectivity index (χ3v) is 4.29. The first-order valence-corrected chi connectivity index (χ1v) is 8.46. The highest BCUT2D eigenvalue weighted by molar-refractivity contribution is 6.18. The van der Waals surface area contributed by atoms with Crippen LogP contribution in [0.25, 0.3) is 0 Å². The molecule has 0 saturated carbocycles. The second kappa shape index (κ2) is 8.20. The second-order valence-electron chi connectivity index (χ2n) is 6.01. The number of alkyl halides is 1. The maximum absolute atomic E-state index is 12.5. The highest BCUT2D eigenvalue weighted by atomic mass is 35.5. The van der Waals surface area contributed by atoms with Crippen molar-refractivity contribution in [3.8, 4) is 0 Å². The van der Waals surface area contributed by atoms with Gasteiger partial charge in [-0.2, -0.15) is 0 Å². The van der Waals surface area contributed by atoms with E-state index in [1.54, 1.807) is 0 Å². The average Bonchev–Trinajstić information content (AvgIpc) is 2.55. The topological polar surface area (TPSA) is 52.7 Å². The molecule has 0 bridgehead atoms. The van der Waals surface area contributed by atoms with Crippen LogP contribution in [0.4, 0.5) is 5.69 Å². The molecule has 0 aromatic heterocycles. The van der Waals surface area contributed by atoms with Crippen molar-refractivity contribution in [2.75, 3.05) is 38.0 Å². The molecule has 2 rings (SSSR count). The minimum atomic E-state index is -0.0101. The standard InChI is InChI=1S/C17H24ClN3O2/c1-20(2)15-5-3-13(4-6-15)17(23)21-11-8-14(9-12-21)19-16(22)7-10-18/h3-6,14H,7-12H2,1-2H3,(H,19,22). The van der Waals surface area contributed by atoms with E-state index in [1.165, 1.54) is 0 Å². The zero-order valence-electron chi connectivity index (χ0n) is 13.7. The molecule has 1 heterocycles. The molecule has 1 aromatic carbocycles. The van der Waals surface area contributed by atoms with Crippen LogP contribution >= 0.6 is 11.6 Å². The van der Waals surface area contributed by atoms with Crippen molar-refractivity contribution in [3.63, 3.8) is 0 Å². The van der Waals surface area contributed by atoms with Crippen molar-refractivity contribution in [1.82, 2.24) is 10.2 Å². The Morgan fingerprint density at radius 3 is 2.35 bits per heavy atom. The summed E-state index contributed by atoms with van der Waals surface area (Å²) in [5, 5.41) is 2.97. The molecular formula is C17H24ClN3O2. The minimum Gasteiger partial charge on any atom is -0.378 e. The second-order valence-corrected chi connectivity index (χ2v) is 6.39. The predicted octanol–water partition coefficient (Wildman–Crippen LogP) is 2.10. The maximum Gasteiger partial charge on any atom is 0.253 e. The minimum absolute atomic E-state index is 0.0101. The molecular weight excluding hydrogens is 314 g/mol. The van der Waals surface area contributed by atoms with Gasteiger partial charge in [-0.1, -0.05) is 0 Å². The van der Waals surface area contributed by atoms with Gasteiger partial charge in [0.15, 0.2) is 0 Å². The number of hydrogen-bond acceptors (Lipinski definition) is 3. The lowest BCUT2D eigenvalue weighted by atomic mass is 10.0. The van der Waals surface area contributed by atoms with Crippen LogP contribution in [0.15, 0.2) is 24.3 Å². The molecule has 1 saturated heterocycles. The average molecular weight is 338 g/mol. The number of carbonyl (C=O) groups excluding carboxylic acids is 2. The van der Waals surface area contributed by atoms with E-state index in [0.29, 0.717) is 31.0 Å².